The third kappa shape index (κ3) is 4.13. The Morgan fingerprint density at radius 1 is 1.17 bits per heavy atom. The lowest BCUT2D eigenvalue weighted by Gasteiger charge is -2.13. The van der Waals surface area contributed by atoms with Gasteiger partial charge in [-0.25, -0.2) is 0 Å². The predicted octanol–water partition coefficient (Wildman–Crippen LogP) is 2.98. The Labute approximate surface area is 142 Å². The van der Waals surface area contributed by atoms with Gasteiger partial charge in [-0.05, 0) is 31.0 Å². The maximum Gasteiger partial charge on any atom is 0.273 e. The van der Waals surface area contributed by atoms with Crippen molar-refractivity contribution < 1.29 is 14.4 Å². The minimum absolute atomic E-state index is 0.222. The van der Waals surface area contributed by atoms with Crippen LogP contribution in [0.5, 0.6) is 5.75 Å². The summed E-state index contributed by atoms with van der Waals surface area (Å²) in [5, 5.41) is 6.43. The number of hydrogen-bond donors (Lipinski definition) is 1. The fourth-order valence-electron chi connectivity index (χ4n) is 2.42. The molecule has 0 atom stereocenters. The molecule has 24 heavy (non-hydrogen) atoms. The highest BCUT2D eigenvalue weighted by Crippen LogP contribution is 2.21. The van der Waals surface area contributed by atoms with Crippen LogP contribution in [0.1, 0.15) is 22.3 Å². The van der Waals surface area contributed by atoms with Crippen LogP contribution in [0.3, 0.4) is 0 Å². The van der Waals surface area contributed by atoms with Crippen LogP contribution in [0, 0.1) is 13.8 Å². The lowest BCUT2D eigenvalue weighted by atomic mass is 10.0. The lowest BCUT2D eigenvalue weighted by molar-refractivity contribution is -0.114. The van der Waals surface area contributed by atoms with Gasteiger partial charge in [0.1, 0.15) is 19.5 Å². The SMILES string of the molecule is CNC(=O)/C(=N/OC)c1ccccc1COc1ccc(C)cc1C. The largest absolute Gasteiger partial charge is 0.489 e. The highest BCUT2D eigenvalue weighted by Gasteiger charge is 2.17. The standard InChI is InChI=1S/C19H22N2O3/c1-13-9-10-17(14(2)11-13)24-12-15-7-5-6-8-16(15)18(21-23-4)19(22)20-3/h5-11H,12H2,1-4H3,(H,20,22)/b21-18+. The van der Waals surface area contributed by atoms with E-state index >= 15 is 0 Å². The Morgan fingerprint density at radius 3 is 2.58 bits per heavy atom. The van der Waals surface area contributed by atoms with E-state index in [9.17, 15) is 4.79 Å². The molecule has 0 bridgehead atoms. The quantitative estimate of drug-likeness (QED) is 0.656. The molecule has 0 aliphatic heterocycles. The van der Waals surface area contributed by atoms with Crippen molar-refractivity contribution in [2.45, 2.75) is 20.5 Å². The number of hydrogen-bond acceptors (Lipinski definition) is 4. The Bertz CT molecular complexity index is 754. The van der Waals surface area contributed by atoms with Crippen LogP contribution in [-0.4, -0.2) is 25.8 Å². The summed E-state index contributed by atoms with van der Waals surface area (Å²) in [5.74, 6) is 0.511. The highest BCUT2D eigenvalue weighted by molar-refractivity contribution is 6.45. The van der Waals surface area contributed by atoms with E-state index in [2.05, 4.69) is 16.5 Å². The van der Waals surface area contributed by atoms with Crippen molar-refractivity contribution in [3.63, 3.8) is 0 Å². The molecule has 0 heterocycles. The van der Waals surface area contributed by atoms with Crippen molar-refractivity contribution in [2.75, 3.05) is 14.2 Å². The van der Waals surface area contributed by atoms with E-state index in [0.717, 1.165) is 16.9 Å². The average Bonchev–Trinajstić information content (AvgIpc) is 2.59. The van der Waals surface area contributed by atoms with E-state index < -0.39 is 0 Å². The summed E-state index contributed by atoms with van der Waals surface area (Å²) < 4.78 is 5.93. The number of nitrogens with one attached hydrogen (secondary N) is 1. The van der Waals surface area contributed by atoms with E-state index in [0.29, 0.717) is 12.2 Å². The number of likely N-dealkylation sites (N-methyl/N-ethyl adjacent to an activating group) is 1. The van der Waals surface area contributed by atoms with E-state index in [-0.39, 0.29) is 11.6 Å². The molecule has 0 aromatic heterocycles. The van der Waals surface area contributed by atoms with E-state index in [1.807, 2.05) is 50.2 Å². The maximum absolute atomic E-state index is 12.1. The minimum atomic E-state index is -0.309. The third-order valence-corrected chi connectivity index (χ3v) is 3.61. The van der Waals surface area contributed by atoms with Crippen molar-refractivity contribution in [3.05, 3.63) is 64.7 Å². The number of carbonyl (C=O) groups is 1. The Hall–Kier alpha value is -2.82. The molecule has 0 radical (unpaired) electrons. The second kappa shape index (κ2) is 8.15. The fourth-order valence-corrected chi connectivity index (χ4v) is 2.42. The molecule has 0 unspecified atom stereocenters. The topological polar surface area (TPSA) is 59.9 Å². The van der Waals surface area contributed by atoms with Crippen molar-refractivity contribution >= 4 is 11.6 Å². The zero-order chi connectivity index (χ0) is 17.5. The van der Waals surface area contributed by atoms with Gasteiger partial charge in [-0.15, -0.1) is 0 Å². The lowest BCUT2D eigenvalue weighted by Crippen LogP contribution is -2.29. The van der Waals surface area contributed by atoms with Crippen LogP contribution in [0.15, 0.2) is 47.6 Å². The summed E-state index contributed by atoms with van der Waals surface area (Å²) in [6.45, 7) is 4.39. The van der Waals surface area contributed by atoms with Crippen molar-refractivity contribution in [2.24, 2.45) is 5.16 Å². The molecule has 0 saturated heterocycles. The molecule has 1 N–H and O–H groups in total. The minimum Gasteiger partial charge on any atom is -0.489 e. The van der Waals surface area contributed by atoms with Gasteiger partial charge in [0, 0.05) is 12.6 Å². The van der Waals surface area contributed by atoms with Gasteiger partial charge < -0.3 is 14.9 Å². The smallest absolute Gasteiger partial charge is 0.273 e. The molecule has 2 aromatic rings. The molecular weight excluding hydrogens is 304 g/mol. The van der Waals surface area contributed by atoms with Crippen LogP contribution in [0.4, 0.5) is 0 Å². The van der Waals surface area contributed by atoms with Gasteiger partial charge in [0.05, 0.1) is 0 Å². The van der Waals surface area contributed by atoms with Gasteiger partial charge in [-0.1, -0.05) is 47.1 Å². The summed E-state index contributed by atoms with van der Waals surface area (Å²) in [6, 6.07) is 13.5. The second-order valence-electron chi connectivity index (χ2n) is 5.42. The molecule has 5 heteroatoms. The second-order valence-corrected chi connectivity index (χ2v) is 5.42. The molecule has 126 valence electrons. The third-order valence-electron chi connectivity index (χ3n) is 3.61. The number of carbonyl (C=O) groups excluding carboxylic acids is 1. The Balaban J connectivity index is 2.28. The first-order valence-electron chi connectivity index (χ1n) is 7.68. The fraction of sp³-hybridized carbons (Fsp3) is 0.263. The Kier molecular flexibility index (Phi) is 5.95. The van der Waals surface area contributed by atoms with Gasteiger partial charge >= 0.3 is 0 Å². The van der Waals surface area contributed by atoms with Crippen LogP contribution < -0.4 is 10.1 Å². The summed E-state index contributed by atoms with van der Waals surface area (Å²) >= 11 is 0. The summed E-state index contributed by atoms with van der Waals surface area (Å²) in [4.78, 5) is 16.9. The number of benzene rings is 2. The molecule has 0 aliphatic carbocycles. The highest BCUT2D eigenvalue weighted by atomic mass is 16.6. The molecule has 2 aromatic carbocycles. The number of ether oxygens (including phenoxy) is 1. The molecule has 0 fully saturated rings. The van der Waals surface area contributed by atoms with Crippen LogP contribution >= 0.6 is 0 Å². The molecule has 0 spiro atoms. The van der Waals surface area contributed by atoms with Crippen LogP contribution in [0.2, 0.25) is 0 Å². The maximum atomic E-state index is 12.1. The molecule has 0 aliphatic rings. The van der Waals surface area contributed by atoms with E-state index in [1.165, 1.54) is 12.7 Å². The van der Waals surface area contributed by atoms with Gasteiger partial charge in [-0.2, -0.15) is 0 Å². The summed E-state index contributed by atoms with van der Waals surface area (Å²) in [5.41, 5.74) is 4.03. The summed E-state index contributed by atoms with van der Waals surface area (Å²) in [6.07, 6.45) is 0. The molecule has 1 amide bonds. The van der Waals surface area contributed by atoms with Crippen molar-refractivity contribution in [3.8, 4) is 5.75 Å². The zero-order valence-corrected chi connectivity index (χ0v) is 14.4. The average molecular weight is 326 g/mol. The van der Waals surface area contributed by atoms with Crippen molar-refractivity contribution in [1.82, 2.24) is 5.32 Å². The van der Waals surface area contributed by atoms with Gasteiger partial charge in [0.25, 0.3) is 5.91 Å². The van der Waals surface area contributed by atoms with Crippen LogP contribution in [-0.2, 0) is 16.2 Å². The van der Waals surface area contributed by atoms with E-state index in [1.54, 1.807) is 7.05 Å². The first-order chi connectivity index (χ1) is 11.6. The number of aryl methyl sites for hydroxylation is 2. The van der Waals surface area contributed by atoms with E-state index in [4.69, 9.17) is 9.57 Å². The first kappa shape index (κ1) is 17.5. The zero-order valence-electron chi connectivity index (χ0n) is 14.4. The number of rotatable bonds is 6. The Morgan fingerprint density at radius 2 is 1.92 bits per heavy atom. The molecule has 0 saturated carbocycles. The molecule has 2 rings (SSSR count). The monoisotopic (exact) mass is 326 g/mol. The predicted molar refractivity (Wildman–Crippen MR) is 94.3 cm³/mol. The number of oxime groups is 1. The summed E-state index contributed by atoms with van der Waals surface area (Å²) in [7, 11) is 2.97. The van der Waals surface area contributed by atoms with Crippen LogP contribution in [0.25, 0.3) is 0 Å². The van der Waals surface area contributed by atoms with Crippen molar-refractivity contribution in [1.29, 1.82) is 0 Å². The van der Waals surface area contributed by atoms with Gasteiger partial charge in [-0.3, -0.25) is 4.79 Å². The number of amides is 1. The molecule has 5 nitrogen and oxygen atoms in total. The first-order valence-corrected chi connectivity index (χ1v) is 7.68. The molecular formula is C19H22N2O3. The normalized spacial score (nSPS) is 11.1. The number of nitrogens with zero attached hydrogens (tertiary/aromatic N) is 1. The van der Waals surface area contributed by atoms with Gasteiger partial charge in [0.2, 0.25) is 0 Å². The van der Waals surface area contributed by atoms with Gasteiger partial charge in [0.15, 0.2) is 5.71 Å².